The number of amides is 1. The molecule has 2 unspecified atom stereocenters. The zero-order valence-electron chi connectivity index (χ0n) is 13.4. The number of aryl methyl sites for hydroxylation is 1. The Bertz CT molecular complexity index is 455. The zero-order valence-corrected chi connectivity index (χ0v) is 14.2. The SMILES string of the molecule is CC(CC(=O)NCCCc1ccc(Cl)cc1)C1CCCNC1. The molecule has 0 aromatic heterocycles. The van der Waals surface area contributed by atoms with Crippen molar-refractivity contribution in [1.82, 2.24) is 10.6 Å². The van der Waals surface area contributed by atoms with Gasteiger partial charge in [0.1, 0.15) is 0 Å². The van der Waals surface area contributed by atoms with Crippen molar-refractivity contribution in [2.75, 3.05) is 19.6 Å². The molecule has 2 rings (SSSR count). The van der Waals surface area contributed by atoms with Crippen LogP contribution >= 0.6 is 11.6 Å². The normalized spacial score (nSPS) is 19.6. The van der Waals surface area contributed by atoms with Gasteiger partial charge in [0.05, 0.1) is 0 Å². The monoisotopic (exact) mass is 322 g/mol. The Labute approximate surface area is 138 Å². The Morgan fingerprint density at radius 1 is 1.41 bits per heavy atom. The van der Waals surface area contributed by atoms with Gasteiger partial charge in [0.15, 0.2) is 0 Å². The Morgan fingerprint density at radius 2 is 2.18 bits per heavy atom. The first kappa shape index (κ1) is 17.3. The molecule has 1 amide bonds. The van der Waals surface area contributed by atoms with E-state index in [1.807, 2.05) is 24.3 Å². The fourth-order valence-electron chi connectivity index (χ4n) is 3.07. The molecule has 4 heteroatoms. The lowest BCUT2D eigenvalue weighted by Gasteiger charge is -2.28. The van der Waals surface area contributed by atoms with Crippen molar-refractivity contribution >= 4 is 17.5 Å². The van der Waals surface area contributed by atoms with E-state index in [9.17, 15) is 4.79 Å². The van der Waals surface area contributed by atoms with E-state index in [4.69, 9.17) is 11.6 Å². The molecular formula is C18H27ClN2O. The van der Waals surface area contributed by atoms with Gasteiger partial charge >= 0.3 is 0 Å². The molecule has 1 aliphatic rings. The maximum absolute atomic E-state index is 12.0. The minimum absolute atomic E-state index is 0.189. The molecule has 1 aliphatic heterocycles. The maximum Gasteiger partial charge on any atom is 0.220 e. The van der Waals surface area contributed by atoms with E-state index >= 15 is 0 Å². The molecule has 122 valence electrons. The highest BCUT2D eigenvalue weighted by Gasteiger charge is 2.21. The predicted octanol–water partition coefficient (Wildman–Crippen LogP) is 3.41. The minimum Gasteiger partial charge on any atom is -0.356 e. The van der Waals surface area contributed by atoms with Crippen molar-refractivity contribution in [2.24, 2.45) is 11.8 Å². The third-order valence-corrected chi connectivity index (χ3v) is 4.78. The zero-order chi connectivity index (χ0) is 15.8. The van der Waals surface area contributed by atoms with Gasteiger partial charge in [-0.05, 0) is 68.3 Å². The fraction of sp³-hybridized carbons (Fsp3) is 0.611. The van der Waals surface area contributed by atoms with Crippen LogP contribution < -0.4 is 10.6 Å². The third kappa shape index (κ3) is 5.98. The molecule has 1 aromatic rings. The number of piperidine rings is 1. The van der Waals surface area contributed by atoms with Gasteiger partial charge in [-0.1, -0.05) is 30.7 Å². The van der Waals surface area contributed by atoms with Crippen LogP contribution in [0, 0.1) is 11.8 Å². The summed E-state index contributed by atoms with van der Waals surface area (Å²) in [6, 6.07) is 7.91. The molecule has 1 heterocycles. The number of benzene rings is 1. The average Bonchev–Trinajstić information content (AvgIpc) is 2.54. The summed E-state index contributed by atoms with van der Waals surface area (Å²) < 4.78 is 0. The van der Waals surface area contributed by atoms with E-state index in [1.54, 1.807) is 0 Å². The molecule has 1 fully saturated rings. The van der Waals surface area contributed by atoms with Gasteiger partial charge in [0, 0.05) is 18.0 Å². The van der Waals surface area contributed by atoms with E-state index in [0.717, 1.165) is 37.5 Å². The molecule has 2 N–H and O–H groups in total. The molecule has 0 bridgehead atoms. The first-order valence-corrected chi connectivity index (χ1v) is 8.75. The second kappa shape index (κ2) is 9.16. The number of rotatable bonds is 7. The van der Waals surface area contributed by atoms with Crippen LogP contribution in [0.1, 0.15) is 38.2 Å². The van der Waals surface area contributed by atoms with Gasteiger partial charge in [-0.15, -0.1) is 0 Å². The number of hydrogen-bond acceptors (Lipinski definition) is 2. The van der Waals surface area contributed by atoms with Crippen LogP contribution in [0.25, 0.3) is 0 Å². The van der Waals surface area contributed by atoms with Crippen molar-refractivity contribution in [2.45, 2.75) is 39.0 Å². The third-order valence-electron chi connectivity index (χ3n) is 4.52. The van der Waals surface area contributed by atoms with Gasteiger partial charge in [0.25, 0.3) is 0 Å². The quantitative estimate of drug-likeness (QED) is 0.755. The Morgan fingerprint density at radius 3 is 2.86 bits per heavy atom. The van der Waals surface area contributed by atoms with Gasteiger partial charge in [-0.25, -0.2) is 0 Å². The minimum atomic E-state index is 0.189. The first-order valence-electron chi connectivity index (χ1n) is 8.37. The summed E-state index contributed by atoms with van der Waals surface area (Å²) in [5.41, 5.74) is 1.26. The molecule has 0 spiro atoms. The number of halogens is 1. The lowest BCUT2D eigenvalue weighted by Crippen LogP contribution is -2.35. The summed E-state index contributed by atoms with van der Waals surface area (Å²) >= 11 is 5.87. The van der Waals surface area contributed by atoms with Crippen molar-refractivity contribution in [3.05, 3.63) is 34.9 Å². The van der Waals surface area contributed by atoms with Crippen molar-refractivity contribution in [3.8, 4) is 0 Å². The standard InChI is InChI=1S/C18H27ClN2O/c1-14(16-5-3-10-20-13-16)12-18(22)21-11-2-4-15-6-8-17(19)9-7-15/h6-9,14,16,20H,2-5,10-13H2,1H3,(H,21,22). The smallest absolute Gasteiger partial charge is 0.220 e. The average molecular weight is 323 g/mol. The van der Waals surface area contributed by atoms with E-state index in [0.29, 0.717) is 18.3 Å². The van der Waals surface area contributed by atoms with Gasteiger partial charge in [-0.2, -0.15) is 0 Å². The van der Waals surface area contributed by atoms with Crippen LogP contribution in [0.4, 0.5) is 0 Å². The molecule has 2 atom stereocenters. The van der Waals surface area contributed by atoms with Gasteiger partial charge in [-0.3, -0.25) is 4.79 Å². The highest BCUT2D eigenvalue weighted by atomic mass is 35.5. The van der Waals surface area contributed by atoms with Crippen molar-refractivity contribution < 1.29 is 4.79 Å². The van der Waals surface area contributed by atoms with E-state index in [1.165, 1.54) is 18.4 Å². The molecule has 1 saturated heterocycles. The molecule has 0 radical (unpaired) electrons. The van der Waals surface area contributed by atoms with Crippen molar-refractivity contribution in [3.63, 3.8) is 0 Å². The Kier molecular flexibility index (Phi) is 7.20. The van der Waals surface area contributed by atoms with Crippen LogP contribution in [0.2, 0.25) is 5.02 Å². The van der Waals surface area contributed by atoms with Crippen LogP contribution in [-0.4, -0.2) is 25.5 Å². The molecule has 22 heavy (non-hydrogen) atoms. The summed E-state index contributed by atoms with van der Waals surface area (Å²) in [5, 5.41) is 7.24. The van der Waals surface area contributed by atoms with Gasteiger partial charge in [0.2, 0.25) is 5.91 Å². The molecule has 0 saturated carbocycles. The molecular weight excluding hydrogens is 296 g/mol. The molecule has 1 aromatic carbocycles. The largest absolute Gasteiger partial charge is 0.356 e. The van der Waals surface area contributed by atoms with E-state index < -0.39 is 0 Å². The number of nitrogens with one attached hydrogen (secondary N) is 2. The predicted molar refractivity (Wildman–Crippen MR) is 92.2 cm³/mol. The van der Waals surface area contributed by atoms with Crippen LogP contribution in [0.15, 0.2) is 24.3 Å². The number of carbonyl (C=O) groups is 1. The second-order valence-electron chi connectivity index (χ2n) is 6.37. The summed E-state index contributed by atoms with van der Waals surface area (Å²) in [6.07, 6.45) is 5.06. The lowest BCUT2D eigenvalue weighted by atomic mass is 9.85. The summed E-state index contributed by atoms with van der Waals surface area (Å²) in [7, 11) is 0. The van der Waals surface area contributed by atoms with Crippen molar-refractivity contribution in [1.29, 1.82) is 0 Å². The van der Waals surface area contributed by atoms with Gasteiger partial charge < -0.3 is 10.6 Å². The Hall–Kier alpha value is -1.06. The van der Waals surface area contributed by atoms with Crippen LogP contribution in [0.3, 0.4) is 0 Å². The topological polar surface area (TPSA) is 41.1 Å². The highest BCUT2D eigenvalue weighted by Crippen LogP contribution is 2.22. The highest BCUT2D eigenvalue weighted by molar-refractivity contribution is 6.30. The van der Waals surface area contributed by atoms with Crippen LogP contribution in [-0.2, 0) is 11.2 Å². The fourth-order valence-corrected chi connectivity index (χ4v) is 3.19. The number of hydrogen-bond donors (Lipinski definition) is 2. The van der Waals surface area contributed by atoms with E-state index in [-0.39, 0.29) is 5.91 Å². The first-order chi connectivity index (χ1) is 10.6. The van der Waals surface area contributed by atoms with Crippen LogP contribution in [0.5, 0.6) is 0 Å². The summed E-state index contributed by atoms with van der Waals surface area (Å²) in [4.78, 5) is 12.0. The maximum atomic E-state index is 12.0. The second-order valence-corrected chi connectivity index (χ2v) is 6.80. The van der Waals surface area contributed by atoms with E-state index in [2.05, 4.69) is 17.6 Å². The number of carbonyl (C=O) groups excluding carboxylic acids is 1. The Balaban J connectivity index is 1.60. The lowest BCUT2D eigenvalue weighted by molar-refractivity contribution is -0.122. The summed E-state index contributed by atoms with van der Waals surface area (Å²) in [6.45, 7) is 5.13. The summed E-state index contributed by atoms with van der Waals surface area (Å²) in [5.74, 6) is 1.30. The molecule has 0 aliphatic carbocycles. The molecule has 3 nitrogen and oxygen atoms in total.